The van der Waals surface area contributed by atoms with E-state index in [1.54, 1.807) is 0 Å². The molecule has 0 bridgehead atoms. The molecule has 0 saturated heterocycles. The van der Waals surface area contributed by atoms with Gasteiger partial charge in [0, 0.05) is 15.5 Å². The van der Waals surface area contributed by atoms with Crippen molar-refractivity contribution >= 4 is 27.5 Å². The van der Waals surface area contributed by atoms with Crippen molar-refractivity contribution in [1.29, 1.82) is 0 Å². The zero-order valence-electron chi connectivity index (χ0n) is 13.4. The number of unbranched alkanes of at least 4 members (excludes halogenated alkanes) is 7. The number of nitrogens with one attached hydrogen (secondary N) is 1. The van der Waals surface area contributed by atoms with Crippen LogP contribution in [0.5, 0.6) is 0 Å². The molecule has 21 heavy (non-hydrogen) atoms. The molecule has 1 rings (SSSR count). The highest BCUT2D eigenvalue weighted by molar-refractivity contribution is 9.10. The Hall–Kier alpha value is -0.0500. The van der Waals surface area contributed by atoms with Crippen molar-refractivity contribution in [2.45, 2.75) is 70.8 Å². The maximum absolute atomic E-state index is 6.32. The summed E-state index contributed by atoms with van der Waals surface area (Å²) >= 11 is 9.85. The first kappa shape index (κ1) is 19.0. The molecule has 0 aliphatic heterocycles. The van der Waals surface area contributed by atoms with E-state index in [-0.39, 0.29) is 0 Å². The predicted molar refractivity (Wildman–Crippen MR) is 98.2 cm³/mol. The minimum Gasteiger partial charge on any atom is -0.313 e. The number of rotatable bonds is 11. The van der Waals surface area contributed by atoms with Crippen LogP contribution in [0.15, 0.2) is 22.7 Å². The van der Waals surface area contributed by atoms with E-state index in [0.717, 1.165) is 15.9 Å². The fraction of sp³-hybridized carbons (Fsp3) is 0.667. The quantitative estimate of drug-likeness (QED) is 0.416. The molecular weight excluding hydrogens is 346 g/mol. The summed E-state index contributed by atoms with van der Waals surface area (Å²) in [6.07, 6.45) is 12.0. The summed E-state index contributed by atoms with van der Waals surface area (Å²) in [5.41, 5.74) is 1.21. The van der Waals surface area contributed by atoms with Gasteiger partial charge in [0.1, 0.15) is 0 Å². The Balaban J connectivity index is 2.27. The molecule has 0 heterocycles. The highest BCUT2D eigenvalue weighted by atomic mass is 79.9. The molecule has 1 aromatic carbocycles. The standard InChI is InChI=1S/C18H29BrClN/c1-3-4-5-6-7-8-9-10-11-18(21-2)16-14-15(19)12-13-17(16)20/h12-14,18,21H,3-11H2,1-2H3. The van der Waals surface area contributed by atoms with Crippen molar-refractivity contribution in [3.05, 3.63) is 33.3 Å². The van der Waals surface area contributed by atoms with Gasteiger partial charge in [0.25, 0.3) is 0 Å². The summed E-state index contributed by atoms with van der Waals surface area (Å²) in [6.45, 7) is 2.27. The molecular formula is C18H29BrClN. The van der Waals surface area contributed by atoms with Gasteiger partial charge < -0.3 is 5.32 Å². The smallest absolute Gasteiger partial charge is 0.0454 e. The minimum absolute atomic E-state index is 0.357. The number of halogens is 2. The maximum Gasteiger partial charge on any atom is 0.0454 e. The molecule has 0 aromatic heterocycles. The lowest BCUT2D eigenvalue weighted by Crippen LogP contribution is -2.16. The van der Waals surface area contributed by atoms with Crippen molar-refractivity contribution in [3.63, 3.8) is 0 Å². The lowest BCUT2D eigenvalue weighted by molar-refractivity contribution is 0.494. The van der Waals surface area contributed by atoms with Crippen LogP contribution >= 0.6 is 27.5 Å². The SMILES string of the molecule is CCCCCCCCCCC(NC)c1cc(Br)ccc1Cl. The maximum atomic E-state index is 6.32. The van der Waals surface area contributed by atoms with E-state index in [2.05, 4.69) is 34.2 Å². The molecule has 0 spiro atoms. The van der Waals surface area contributed by atoms with Gasteiger partial charge in [0.15, 0.2) is 0 Å². The second kappa shape index (κ2) is 11.5. The van der Waals surface area contributed by atoms with Crippen LogP contribution in [0.1, 0.15) is 76.3 Å². The van der Waals surface area contributed by atoms with E-state index in [4.69, 9.17) is 11.6 Å². The average Bonchev–Trinajstić information content (AvgIpc) is 2.49. The molecule has 1 unspecified atom stereocenters. The molecule has 0 aliphatic carbocycles. The number of hydrogen-bond donors (Lipinski definition) is 1. The van der Waals surface area contributed by atoms with E-state index in [9.17, 15) is 0 Å². The minimum atomic E-state index is 0.357. The van der Waals surface area contributed by atoms with E-state index in [1.807, 2.05) is 19.2 Å². The van der Waals surface area contributed by atoms with Crippen molar-refractivity contribution in [1.82, 2.24) is 5.32 Å². The zero-order chi connectivity index (χ0) is 15.5. The van der Waals surface area contributed by atoms with Crippen LogP contribution < -0.4 is 5.32 Å². The zero-order valence-corrected chi connectivity index (χ0v) is 15.8. The summed E-state index contributed by atoms with van der Waals surface area (Å²) in [4.78, 5) is 0. The Morgan fingerprint density at radius 3 is 2.29 bits per heavy atom. The molecule has 1 atom stereocenters. The highest BCUT2D eigenvalue weighted by Crippen LogP contribution is 2.29. The topological polar surface area (TPSA) is 12.0 Å². The second-order valence-electron chi connectivity index (χ2n) is 5.77. The van der Waals surface area contributed by atoms with Gasteiger partial charge in [-0.2, -0.15) is 0 Å². The third-order valence-corrected chi connectivity index (χ3v) is 4.87. The van der Waals surface area contributed by atoms with Gasteiger partial charge in [0.05, 0.1) is 0 Å². The van der Waals surface area contributed by atoms with Gasteiger partial charge in [-0.15, -0.1) is 0 Å². The summed E-state index contributed by atoms with van der Waals surface area (Å²) in [6, 6.07) is 6.46. The van der Waals surface area contributed by atoms with Crippen molar-refractivity contribution in [2.24, 2.45) is 0 Å². The Kier molecular flexibility index (Phi) is 10.4. The van der Waals surface area contributed by atoms with Crippen molar-refractivity contribution in [3.8, 4) is 0 Å². The van der Waals surface area contributed by atoms with Gasteiger partial charge in [-0.3, -0.25) is 0 Å². The largest absolute Gasteiger partial charge is 0.313 e. The fourth-order valence-corrected chi connectivity index (χ4v) is 3.35. The molecule has 0 fully saturated rings. The molecule has 1 aromatic rings. The van der Waals surface area contributed by atoms with Crippen LogP contribution in [0.3, 0.4) is 0 Å². The first-order valence-electron chi connectivity index (χ1n) is 8.31. The van der Waals surface area contributed by atoms with Crippen LogP contribution in [-0.2, 0) is 0 Å². The van der Waals surface area contributed by atoms with E-state index in [1.165, 1.54) is 56.9 Å². The lowest BCUT2D eigenvalue weighted by atomic mass is 9.99. The molecule has 0 amide bonds. The molecule has 0 saturated carbocycles. The third-order valence-electron chi connectivity index (χ3n) is 4.03. The van der Waals surface area contributed by atoms with Crippen LogP contribution in [0.4, 0.5) is 0 Å². The van der Waals surface area contributed by atoms with Crippen molar-refractivity contribution < 1.29 is 0 Å². The lowest BCUT2D eigenvalue weighted by Gasteiger charge is -2.18. The molecule has 0 radical (unpaired) electrons. The summed E-state index contributed by atoms with van der Waals surface area (Å²) in [7, 11) is 2.02. The van der Waals surface area contributed by atoms with E-state index >= 15 is 0 Å². The van der Waals surface area contributed by atoms with Crippen LogP contribution in [0, 0.1) is 0 Å². The second-order valence-corrected chi connectivity index (χ2v) is 7.09. The summed E-state index contributed by atoms with van der Waals surface area (Å²) < 4.78 is 1.10. The average molecular weight is 375 g/mol. The van der Waals surface area contributed by atoms with Gasteiger partial charge in [-0.05, 0) is 37.2 Å². The Bertz CT molecular complexity index is 395. The Morgan fingerprint density at radius 1 is 1.05 bits per heavy atom. The normalized spacial score (nSPS) is 12.6. The molecule has 1 N–H and O–H groups in total. The first-order chi connectivity index (χ1) is 10.2. The monoisotopic (exact) mass is 373 g/mol. The van der Waals surface area contributed by atoms with E-state index < -0.39 is 0 Å². The molecule has 120 valence electrons. The van der Waals surface area contributed by atoms with Crippen LogP contribution in [-0.4, -0.2) is 7.05 Å². The van der Waals surface area contributed by atoms with Crippen molar-refractivity contribution in [2.75, 3.05) is 7.05 Å². The predicted octanol–water partition coefficient (Wildman–Crippen LogP) is 6.89. The molecule has 3 heteroatoms. The fourth-order valence-electron chi connectivity index (χ4n) is 2.72. The van der Waals surface area contributed by atoms with Gasteiger partial charge >= 0.3 is 0 Å². The first-order valence-corrected chi connectivity index (χ1v) is 9.48. The third kappa shape index (κ3) is 7.67. The highest BCUT2D eigenvalue weighted by Gasteiger charge is 2.12. The Labute approximate surface area is 144 Å². The summed E-state index contributed by atoms with van der Waals surface area (Å²) in [5, 5.41) is 4.26. The molecule has 1 nitrogen and oxygen atoms in total. The number of benzene rings is 1. The van der Waals surface area contributed by atoms with Crippen LogP contribution in [0.2, 0.25) is 5.02 Å². The molecule has 0 aliphatic rings. The van der Waals surface area contributed by atoms with Gasteiger partial charge in [-0.25, -0.2) is 0 Å². The Morgan fingerprint density at radius 2 is 1.67 bits per heavy atom. The van der Waals surface area contributed by atoms with Crippen LogP contribution in [0.25, 0.3) is 0 Å². The summed E-state index contributed by atoms with van der Waals surface area (Å²) in [5.74, 6) is 0. The van der Waals surface area contributed by atoms with Gasteiger partial charge in [0.2, 0.25) is 0 Å². The van der Waals surface area contributed by atoms with E-state index in [0.29, 0.717) is 6.04 Å². The number of hydrogen-bond acceptors (Lipinski definition) is 1. The van der Waals surface area contributed by atoms with Gasteiger partial charge in [-0.1, -0.05) is 85.8 Å².